The van der Waals surface area contributed by atoms with Gasteiger partial charge in [-0.3, -0.25) is 0 Å². The summed E-state index contributed by atoms with van der Waals surface area (Å²) in [7, 11) is 0. The van der Waals surface area contributed by atoms with Crippen LogP contribution in [0.4, 0.5) is 14.5 Å². The van der Waals surface area contributed by atoms with E-state index in [9.17, 15) is 8.78 Å². The molecule has 1 aromatic carbocycles. The maximum atomic E-state index is 13.2. The normalized spacial score (nSPS) is 11.6. The number of nitrogens with two attached hydrogens (primary N) is 1. The number of amidine groups is 1. The van der Waals surface area contributed by atoms with E-state index in [1.165, 1.54) is 0 Å². The lowest BCUT2D eigenvalue weighted by Crippen LogP contribution is -2.17. The Hall–Kier alpha value is -1.56. The summed E-state index contributed by atoms with van der Waals surface area (Å²) in [5, 5.41) is 13.6. The van der Waals surface area contributed by atoms with Crippen LogP contribution in [0.15, 0.2) is 17.3 Å². The molecular weight excluding hydrogens is 240 g/mol. The second-order valence-corrected chi connectivity index (χ2v) is 3.42. The predicted molar refractivity (Wildman–Crippen MR) is 57.9 cm³/mol. The van der Waals surface area contributed by atoms with Gasteiger partial charge in [-0.2, -0.15) is 0 Å². The summed E-state index contributed by atoms with van der Waals surface area (Å²) in [5.41, 5.74) is 5.20. The van der Waals surface area contributed by atoms with E-state index in [0.29, 0.717) is 0 Å². The number of anilines is 1. The molecule has 1 aromatic rings. The zero-order chi connectivity index (χ0) is 12.1. The zero-order valence-corrected chi connectivity index (χ0v) is 8.93. The van der Waals surface area contributed by atoms with Crippen LogP contribution in [-0.2, 0) is 0 Å². The number of oxime groups is 1. The van der Waals surface area contributed by atoms with Gasteiger partial charge in [-0.1, -0.05) is 16.8 Å². The van der Waals surface area contributed by atoms with Crippen molar-refractivity contribution in [2.24, 2.45) is 10.9 Å². The number of hydrogen-bond acceptors (Lipinski definition) is 3. The quantitative estimate of drug-likeness (QED) is 0.331. The minimum absolute atomic E-state index is 0.00569. The molecule has 0 atom stereocenters. The van der Waals surface area contributed by atoms with E-state index in [1.54, 1.807) is 0 Å². The Balaban J connectivity index is 2.67. The summed E-state index contributed by atoms with van der Waals surface area (Å²) in [6.45, 7) is 0.220. The number of benzene rings is 1. The van der Waals surface area contributed by atoms with Crippen LogP contribution in [0.2, 0.25) is 5.02 Å². The standard InChI is InChI=1S/C9H10ClF2N3O/c10-6-3-5(11)4-7(12)9(6)14-2-1-8(13)15-16/h3-4,14,16H,1-2H2,(H2,13,15). The Morgan fingerprint density at radius 3 is 2.75 bits per heavy atom. The number of nitrogens with zero attached hydrogens (tertiary/aromatic N) is 1. The van der Waals surface area contributed by atoms with Gasteiger partial charge in [-0.25, -0.2) is 8.78 Å². The van der Waals surface area contributed by atoms with Gasteiger partial charge in [-0.15, -0.1) is 0 Å². The van der Waals surface area contributed by atoms with E-state index >= 15 is 0 Å². The van der Waals surface area contributed by atoms with E-state index in [4.69, 9.17) is 22.5 Å². The van der Waals surface area contributed by atoms with Gasteiger partial charge in [0.2, 0.25) is 0 Å². The molecule has 0 aliphatic heterocycles. The van der Waals surface area contributed by atoms with E-state index in [1.807, 2.05) is 0 Å². The average molecular weight is 250 g/mol. The highest BCUT2D eigenvalue weighted by Gasteiger charge is 2.09. The molecule has 0 amide bonds. The lowest BCUT2D eigenvalue weighted by Gasteiger charge is -2.08. The SMILES string of the molecule is NC(CCNc1c(F)cc(F)cc1Cl)=NO. The Labute approximate surface area is 95.7 Å². The minimum atomic E-state index is -0.787. The molecule has 0 unspecified atom stereocenters. The molecule has 0 spiro atoms. The molecule has 1 rings (SSSR count). The van der Waals surface area contributed by atoms with Crippen molar-refractivity contribution in [2.75, 3.05) is 11.9 Å². The van der Waals surface area contributed by atoms with Crippen LogP contribution >= 0.6 is 11.6 Å². The molecular formula is C9H10ClF2N3O. The van der Waals surface area contributed by atoms with Crippen molar-refractivity contribution in [3.63, 3.8) is 0 Å². The first-order valence-corrected chi connectivity index (χ1v) is 4.77. The largest absolute Gasteiger partial charge is 0.409 e. The van der Waals surface area contributed by atoms with Gasteiger partial charge in [0.05, 0.1) is 10.7 Å². The summed E-state index contributed by atoms with van der Waals surface area (Å²) < 4.78 is 25.9. The molecule has 88 valence electrons. The van der Waals surface area contributed by atoms with Gasteiger partial charge in [0.1, 0.15) is 11.7 Å². The van der Waals surface area contributed by atoms with E-state index in [2.05, 4.69) is 10.5 Å². The number of hydrogen-bond donors (Lipinski definition) is 3. The van der Waals surface area contributed by atoms with Crippen molar-refractivity contribution in [1.82, 2.24) is 0 Å². The third-order valence-corrected chi connectivity index (χ3v) is 2.12. The van der Waals surface area contributed by atoms with Crippen molar-refractivity contribution in [1.29, 1.82) is 0 Å². The first kappa shape index (κ1) is 12.5. The first-order valence-electron chi connectivity index (χ1n) is 4.39. The Kier molecular flexibility index (Phi) is 4.30. The predicted octanol–water partition coefficient (Wildman–Crippen LogP) is 2.17. The summed E-state index contributed by atoms with van der Waals surface area (Å²) in [5.74, 6) is -1.53. The van der Waals surface area contributed by atoms with Crippen LogP contribution in [0.3, 0.4) is 0 Å². The van der Waals surface area contributed by atoms with Crippen molar-refractivity contribution in [2.45, 2.75) is 6.42 Å². The van der Waals surface area contributed by atoms with Gasteiger partial charge < -0.3 is 16.3 Å². The van der Waals surface area contributed by atoms with E-state index < -0.39 is 11.6 Å². The Morgan fingerprint density at radius 1 is 1.50 bits per heavy atom. The number of rotatable bonds is 4. The van der Waals surface area contributed by atoms with Crippen molar-refractivity contribution < 1.29 is 14.0 Å². The van der Waals surface area contributed by atoms with Gasteiger partial charge in [-0.05, 0) is 6.07 Å². The zero-order valence-electron chi connectivity index (χ0n) is 8.17. The topological polar surface area (TPSA) is 70.6 Å². The van der Waals surface area contributed by atoms with Gasteiger partial charge in [0.25, 0.3) is 0 Å². The van der Waals surface area contributed by atoms with Gasteiger partial charge in [0, 0.05) is 19.0 Å². The minimum Gasteiger partial charge on any atom is -0.409 e. The third kappa shape index (κ3) is 3.23. The summed E-state index contributed by atoms with van der Waals surface area (Å²) >= 11 is 5.63. The van der Waals surface area contributed by atoms with Crippen LogP contribution in [-0.4, -0.2) is 17.6 Å². The highest BCUT2D eigenvalue weighted by molar-refractivity contribution is 6.33. The fraction of sp³-hybridized carbons (Fsp3) is 0.222. The van der Waals surface area contributed by atoms with Crippen molar-refractivity contribution >= 4 is 23.1 Å². The van der Waals surface area contributed by atoms with Gasteiger partial charge in [0.15, 0.2) is 5.82 Å². The number of halogens is 3. The monoisotopic (exact) mass is 249 g/mol. The lowest BCUT2D eigenvalue weighted by atomic mass is 10.3. The van der Waals surface area contributed by atoms with E-state index in [-0.39, 0.29) is 29.5 Å². The third-order valence-electron chi connectivity index (χ3n) is 1.82. The second kappa shape index (κ2) is 5.50. The lowest BCUT2D eigenvalue weighted by molar-refractivity contribution is 0.317. The molecule has 0 fully saturated rings. The Bertz CT molecular complexity index is 389. The molecule has 0 bridgehead atoms. The molecule has 0 radical (unpaired) electrons. The molecule has 0 saturated heterocycles. The fourth-order valence-electron chi connectivity index (χ4n) is 1.08. The Morgan fingerprint density at radius 2 is 2.19 bits per heavy atom. The summed E-state index contributed by atoms with van der Waals surface area (Å²) in [4.78, 5) is 0. The molecule has 0 aromatic heterocycles. The summed E-state index contributed by atoms with van der Waals surface area (Å²) in [6, 6.07) is 1.72. The molecule has 7 heteroatoms. The number of nitrogens with one attached hydrogen (secondary N) is 1. The van der Waals surface area contributed by atoms with E-state index in [0.717, 1.165) is 12.1 Å². The van der Waals surface area contributed by atoms with Crippen LogP contribution in [0.1, 0.15) is 6.42 Å². The molecule has 4 nitrogen and oxygen atoms in total. The fourth-order valence-corrected chi connectivity index (χ4v) is 1.34. The highest BCUT2D eigenvalue weighted by atomic mass is 35.5. The van der Waals surface area contributed by atoms with Crippen molar-refractivity contribution in [3.05, 3.63) is 28.8 Å². The maximum absolute atomic E-state index is 13.2. The van der Waals surface area contributed by atoms with Gasteiger partial charge >= 0.3 is 0 Å². The average Bonchev–Trinajstić information content (AvgIpc) is 2.21. The van der Waals surface area contributed by atoms with Crippen LogP contribution in [0.5, 0.6) is 0 Å². The highest BCUT2D eigenvalue weighted by Crippen LogP contribution is 2.26. The first-order chi connectivity index (χ1) is 7.54. The van der Waals surface area contributed by atoms with Crippen LogP contribution < -0.4 is 11.1 Å². The van der Waals surface area contributed by atoms with Crippen LogP contribution in [0.25, 0.3) is 0 Å². The molecule has 0 aliphatic carbocycles. The molecule has 16 heavy (non-hydrogen) atoms. The molecule has 0 aliphatic rings. The maximum Gasteiger partial charge on any atom is 0.150 e. The molecule has 0 saturated carbocycles. The smallest absolute Gasteiger partial charge is 0.150 e. The second-order valence-electron chi connectivity index (χ2n) is 3.01. The summed E-state index contributed by atoms with van der Waals surface area (Å²) in [6.07, 6.45) is 0.212. The van der Waals surface area contributed by atoms with Crippen LogP contribution in [0, 0.1) is 11.6 Å². The molecule has 0 heterocycles. The van der Waals surface area contributed by atoms with Crippen molar-refractivity contribution in [3.8, 4) is 0 Å². The molecule has 4 N–H and O–H groups in total.